The van der Waals surface area contributed by atoms with Crippen LogP contribution in [0, 0.1) is 19.8 Å². The lowest BCUT2D eigenvalue weighted by molar-refractivity contribution is -0.120. The van der Waals surface area contributed by atoms with E-state index in [0.29, 0.717) is 6.54 Å². The number of amides is 1. The molecule has 0 aliphatic heterocycles. The average Bonchev–Trinajstić information content (AvgIpc) is 3.11. The first-order valence-corrected chi connectivity index (χ1v) is 7.13. The Morgan fingerprint density at radius 2 is 1.85 bits per heavy atom. The van der Waals surface area contributed by atoms with Gasteiger partial charge in [0.05, 0.1) is 12.6 Å². The Bertz CT molecular complexity index is 438. The van der Waals surface area contributed by atoms with Gasteiger partial charge in [-0.05, 0) is 51.6 Å². The smallest absolute Gasteiger partial charge is 0.234 e. The van der Waals surface area contributed by atoms with Crippen molar-refractivity contribution >= 4 is 18.3 Å². The maximum Gasteiger partial charge on any atom is 0.234 e. The SMILES string of the molecule is Cc1cc(C)cc(C(C)NC(=O)CNCC2CC2)c1.Cl. The molecule has 0 bridgehead atoms. The Labute approximate surface area is 127 Å². The summed E-state index contributed by atoms with van der Waals surface area (Å²) in [4.78, 5) is 11.8. The molecule has 1 atom stereocenters. The van der Waals surface area contributed by atoms with Crippen molar-refractivity contribution in [2.75, 3.05) is 13.1 Å². The molecular weight excluding hydrogens is 272 g/mol. The summed E-state index contributed by atoms with van der Waals surface area (Å²) in [6.07, 6.45) is 2.63. The molecule has 0 aromatic heterocycles. The highest BCUT2D eigenvalue weighted by molar-refractivity contribution is 5.85. The third kappa shape index (κ3) is 5.51. The second-order valence-corrected chi connectivity index (χ2v) is 5.78. The molecule has 2 rings (SSSR count). The van der Waals surface area contributed by atoms with Gasteiger partial charge < -0.3 is 10.6 Å². The van der Waals surface area contributed by atoms with Gasteiger partial charge in [0.15, 0.2) is 0 Å². The fraction of sp³-hybridized carbons (Fsp3) is 0.562. The molecule has 0 radical (unpaired) electrons. The van der Waals surface area contributed by atoms with E-state index in [2.05, 4.69) is 42.7 Å². The van der Waals surface area contributed by atoms with Crippen molar-refractivity contribution in [1.82, 2.24) is 10.6 Å². The second-order valence-electron chi connectivity index (χ2n) is 5.78. The van der Waals surface area contributed by atoms with Crippen LogP contribution < -0.4 is 10.6 Å². The Balaban J connectivity index is 0.00000200. The molecule has 1 aliphatic carbocycles. The minimum atomic E-state index is 0. The van der Waals surface area contributed by atoms with Crippen LogP contribution in [0.5, 0.6) is 0 Å². The molecule has 1 aromatic rings. The number of carbonyl (C=O) groups is 1. The molecule has 1 aromatic carbocycles. The Hall–Kier alpha value is -1.06. The van der Waals surface area contributed by atoms with Crippen LogP contribution in [0.1, 0.15) is 42.5 Å². The Kier molecular flexibility index (Phi) is 6.50. The van der Waals surface area contributed by atoms with Crippen molar-refractivity contribution in [3.05, 3.63) is 34.9 Å². The average molecular weight is 297 g/mol. The van der Waals surface area contributed by atoms with E-state index in [0.717, 1.165) is 12.5 Å². The number of rotatable bonds is 6. The van der Waals surface area contributed by atoms with Crippen LogP contribution in [-0.2, 0) is 4.79 Å². The van der Waals surface area contributed by atoms with Crippen LogP contribution in [0.15, 0.2) is 18.2 Å². The Morgan fingerprint density at radius 3 is 2.40 bits per heavy atom. The predicted molar refractivity (Wildman–Crippen MR) is 85.3 cm³/mol. The van der Waals surface area contributed by atoms with E-state index in [9.17, 15) is 4.79 Å². The van der Waals surface area contributed by atoms with Crippen LogP contribution in [0.3, 0.4) is 0 Å². The third-order valence-corrected chi connectivity index (χ3v) is 3.54. The molecule has 1 unspecified atom stereocenters. The van der Waals surface area contributed by atoms with Crippen LogP contribution >= 0.6 is 12.4 Å². The minimum absolute atomic E-state index is 0. The lowest BCUT2D eigenvalue weighted by Gasteiger charge is -2.16. The van der Waals surface area contributed by atoms with Crippen molar-refractivity contribution in [3.8, 4) is 0 Å². The maximum absolute atomic E-state index is 11.8. The zero-order chi connectivity index (χ0) is 13.8. The number of hydrogen-bond donors (Lipinski definition) is 2. The first kappa shape index (κ1) is 17.0. The zero-order valence-electron chi connectivity index (χ0n) is 12.5. The molecule has 3 nitrogen and oxygen atoms in total. The molecule has 1 fully saturated rings. The van der Waals surface area contributed by atoms with E-state index >= 15 is 0 Å². The summed E-state index contributed by atoms with van der Waals surface area (Å²) in [7, 11) is 0. The summed E-state index contributed by atoms with van der Waals surface area (Å²) in [6.45, 7) is 7.61. The largest absolute Gasteiger partial charge is 0.348 e. The van der Waals surface area contributed by atoms with Gasteiger partial charge in [0.25, 0.3) is 0 Å². The van der Waals surface area contributed by atoms with Gasteiger partial charge in [0.2, 0.25) is 5.91 Å². The molecule has 1 amide bonds. The van der Waals surface area contributed by atoms with E-state index < -0.39 is 0 Å². The topological polar surface area (TPSA) is 41.1 Å². The zero-order valence-corrected chi connectivity index (χ0v) is 13.3. The summed E-state index contributed by atoms with van der Waals surface area (Å²) < 4.78 is 0. The molecule has 1 saturated carbocycles. The number of hydrogen-bond acceptors (Lipinski definition) is 2. The summed E-state index contributed by atoms with van der Waals surface area (Å²) in [6, 6.07) is 6.48. The maximum atomic E-state index is 11.8. The van der Waals surface area contributed by atoms with Gasteiger partial charge in [-0.1, -0.05) is 29.3 Å². The van der Waals surface area contributed by atoms with E-state index in [1.165, 1.54) is 29.5 Å². The van der Waals surface area contributed by atoms with E-state index in [4.69, 9.17) is 0 Å². The van der Waals surface area contributed by atoms with Crippen LogP contribution in [-0.4, -0.2) is 19.0 Å². The number of aryl methyl sites for hydroxylation is 2. The molecule has 0 heterocycles. The fourth-order valence-electron chi connectivity index (χ4n) is 2.35. The predicted octanol–water partition coefficient (Wildman–Crippen LogP) is 2.90. The molecule has 0 saturated heterocycles. The number of benzene rings is 1. The van der Waals surface area contributed by atoms with Gasteiger partial charge in [-0.25, -0.2) is 0 Å². The van der Waals surface area contributed by atoms with Crippen molar-refractivity contribution in [1.29, 1.82) is 0 Å². The fourth-order valence-corrected chi connectivity index (χ4v) is 2.35. The normalized spacial score (nSPS) is 15.3. The van der Waals surface area contributed by atoms with Crippen LogP contribution in [0.4, 0.5) is 0 Å². The van der Waals surface area contributed by atoms with Crippen molar-refractivity contribution in [2.24, 2.45) is 5.92 Å². The highest BCUT2D eigenvalue weighted by Gasteiger charge is 2.20. The monoisotopic (exact) mass is 296 g/mol. The lowest BCUT2D eigenvalue weighted by Crippen LogP contribution is -2.36. The quantitative estimate of drug-likeness (QED) is 0.847. The van der Waals surface area contributed by atoms with Gasteiger partial charge in [-0.15, -0.1) is 12.4 Å². The molecule has 2 N–H and O–H groups in total. The van der Waals surface area contributed by atoms with Gasteiger partial charge in [-0.2, -0.15) is 0 Å². The Morgan fingerprint density at radius 1 is 1.25 bits per heavy atom. The van der Waals surface area contributed by atoms with Crippen molar-refractivity contribution < 1.29 is 4.79 Å². The highest BCUT2D eigenvalue weighted by Crippen LogP contribution is 2.27. The molecule has 112 valence electrons. The molecular formula is C16H25ClN2O. The molecule has 0 spiro atoms. The number of nitrogens with one attached hydrogen (secondary N) is 2. The van der Waals surface area contributed by atoms with Crippen molar-refractivity contribution in [2.45, 2.75) is 39.7 Å². The van der Waals surface area contributed by atoms with Crippen LogP contribution in [0.2, 0.25) is 0 Å². The first-order valence-electron chi connectivity index (χ1n) is 7.13. The van der Waals surface area contributed by atoms with Gasteiger partial charge in [0.1, 0.15) is 0 Å². The first-order chi connectivity index (χ1) is 9.04. The lowest BCUT2D eigenvalue weighted by atomic mass is 10.0. The molecule has 20 heavy (non-hydrogen) atoms. The summed E-state index contributed by atoms with van der Waals surface area (Å²) in [5.41, 5.74) is 3.65. The standard InChI is InChI=1S/C16H24N2O.ClH/c1-11-6-12(2)8-15(7-11)13(3)18-16(19)10-17-9-14-4-5-14;/h6-8,13-14,17H,4-5,9-10H2,1-3H3,(H,18,19);1H. The van der Waals surface area contributed by atoms with E-state index in [1.807, 2.05) is 6.92 Å². The summed E-state index contributed by atoms with van der Waals surface area (Å²) in [5.74, 6) is 0.886. The summed E-state index contributed by atoms with van der Waals surface area (Å²) in [5, 5.41) is 6.26. The second kappa shape index (κ2) is 7.65. The van der Waals surface area contributed by atoms with Gasteiger partial charge in [-0.3, -0.25) is 4.79 Å². The molecule has 1 aliphatic rings. The third-order valence-electron chi connectivity index (χ3n) is 3.54. The van der Waals surface area contributed by atoms with Gasteiger partial charge in [0, 0.05) is 0 Å². The summed E-state index contributed by atoms with van der Waals surface area (Å²) >= 11 is 0. The minimum Gasteiger partial charge on any atom is -0.348 e. The van der Waals surface area contributed by atoms with E-state index in [1.54, 1.807) is 0 Å². The number of halogens is 1. The highest BCUT2D eigenvalue weighted by atomic mass is 35.5. The number of carbonyl (C=O) groups excluding carboxylic acids is 1. The van der Waals surface area contributed by atoms with E-state index in [-0.39, 0.29) is 24.4 Å². The van der Waals surface area contributed by atoms with Crippen LogP contribution in [0.25, 0.3) is 0 Å². The van der Waals surface area contributed by atoms with Gasteiger partial charge >= 0.3 is 0 Å². The molecule has 4 heteroatoms. The van der Waals surface area contributed by atoms with Crippen molar-refractivity contribution in [3.63, 3.8) is 0 Å².